The SMILES string of the molecule is CC1(C)CC(=C(C#N)C#N)C(C#N)=C(N2CCC(OCc3ccccc3)C2)C1. The molecule has 0 N–H and O–H groups in total. The predicted octanol–water partition coefficient (Wildman–Crippen LogP) is 4.22. The highest BCUT2D eigenvalue weighted by molar-refractivity contribution is 5.57. The largest absolute Gasteiger partial charge is 0.372 e. The highest BCUT2D eigenvalue weighted by atomic mass is 16.5. The first kappa shape index (κ1) is 19.7. The van der Waals surface area contributed by atoms with Gasteiger partial charge in [0.1, 0.15) is 23.8 Å². The first-order valence-electron chi connectivity index (χ1n) is 9.55. The summed E-state index contributed by atoms with van der Waals surface area (Å²) in [4.78, 5) is 2.21. The van der Waals surface area contributed by atoms with Crippen molar-refractivity contribution >= 4 is 0 Å². The second-order valence-electron chi connectivity index (χ2n) is 8.18. The summed E-state index contributed by atoms with van der Waals surface area (Å²) < 4.78 is 6.08. The molecule has 1 aromatic rings. The maximum Gasteiger partial charge on any atom is 0.134 e. The van der Waals surface area contributed by atoms with Crippen molar-refractivity contribution in [1.82, 2.24) is 4.90 Å². The molecule has 3 rings (SSSR count). The summed E-state index contributed by atoms with van der Waals surface area (Å²) in [7, 11) is 0. The highest BCUT2D eigenvalue weighted by Gasteiger charge is 2.37. The number of hydrogen-bond donors (Lipinski definition) is 0. The van der Waals surface area contributed by atoms with Gasteiger partial charge < -0.3 is 9.64 Å². The van der Waals surface area contributed by atoms with E-state index in [1.807, 2.05) is 30.3 Å². The van der Waals surface area contributed by atoms with Crippen LogP contribution in [0.2, 0.25) is 0 Å². The van der Waals surface area contributed by atoms with E-state index >= 15 is 0 Å². The second kappa shape index (κ2) is 8.30. The second-order valence-corrected chi connectivity index (χ2v) is 8.18. The molecular weight excluding hydrogens is 348 g/mol. The quantitative estimate of drug-likeness (QED) is 0.739. The number of hydrogen-bond acceptors (Lipinski definition) is 5. The summed E-state index contributed by atoms with van der Waals surface area (Å²) in [5.74, 6) is 0. The summed E-state index contributed by atoms with van der Waals surface area (Å²) in [6.07, 6.45) is 2.33. The molecule has 1 aliphatic heterocycles. The summed E-state index contributed by atoms with van der Waals surface area (Å²) >= 11 is 0. The van der Waals surface area contributed by atoms with Crippen molar-refractivity contribution in [2.75, 3.05) is 13.1 Å². The molecule has 142 valence electrons. The Morgan fingerprint density at radius 3 is 2.50 bits per heavy atom. The van der Waals surface area contributed by atoms with Gasteiger partial charge in [-0.1, -0.05) is 44.2 Å². The number of nitriles is 3. The molecule has 1 saturated heterocycles. The lowest BCUT2D eigenvalue weighted by Crippen LogP contribution is -2.31. The van der Waals surface area contributed by atoms with E-state index in [1.54, 1.807) is 0 Å². The molecule has 5 nitrogen and oxygen atoms in total. The third-order valence-electron chi connectivity index (χ3n) is 5.38. The molecule has 1 aliphatic carbocycles. The number of nitrogens with zero attached hydrogens (tertiary/aromatic N) is 4. The lowest BCUT2D eigenvalue weighted by molar-refractivity contribution is 0.0480. The van der Waals surface area contributed by atoms with Gasteiger partial charge in [0.15, 0.2) is 0 Å². The number of allylic oxidation sites excluding steroid dienone is 4. The third-order valence-corrected chi connectivity index (χ3v) is 5.38. The number of rotatable bonds is 4. The van der Waals surface area contributed by atoms with Gasteiger partial charge in [-0.3, -0.25) is 0 Å². The molecule has 1 aromatic carbocycles. The van der Waals surface area contributed by atoms with Crippen LogP contribution in [0.1, 0.15) is 38.7 Å². The molecule has 5 heteroatoms. The van der Waals surface area contributed by atoms with Gasteiger partial charge in [-0.25, -0.2) is 0 Å². The van der Waals surface area contributed by atoms with Gasteiger partial charge in [0, 0.05) is 24.4 Å². The maximum atomic E-state index is 9.80. The van der Waals surface area contributed by atoms with Crippen LogP contribution < -0.4 is 0 Å². The zero-order valence-corrected chi connectivity index (χ0v) is 16.4. The normalized spacial score (nSPS) is 21.0. The van der Waals surface area contributed by atoms with Crippen molar-refractivity contribution in [2.45, 2.75) is 45.8 Å². The molecule has 0 spiro atoms. The van der Waals surface area contributed by atoms with Crippen molar-refractivity contribution in [3.63, 3.8) is 0 Å². The van der Waals surface area contributed by atoms with Gasteiger partial charge in [-0.05, 0) is 30.2 Å². The minimum atomic E-state index is -0.104. The Balaban J connectivity index is 1.81. The van der Waals surface area contributed by atoms with Crippen LogP contribution in [0.5, 0.6) is 0 Å². The molecule has 0 radical (unpaired) electrons. The van der Waals surface area contributed by atoms with Crippen molar-refractivity contribution in [3.05, 3.63) is 58.3 Å². The van der Waals surface area contributed by atoms with Crippen LogP contribution in [-0.2, 0) is 11.3 Å². The molecule has 0 saturated carbocycles. The number of likely N-dealkylation sites (tertiary alicyclic amines) is 1. The van der Waals surface area contributed by atoms with E-state index < -0.39 is 0 Å². The van der Waals surface area contributed by atoms with E-state index in [2.05, 4.69) is 36.9 Å². The van der Waals surface area contributed by atoms with E-state index in [1.165, 1.54) is 0 Å². The summed E-state index contributed by atoms with van der Waals surface area (Å²) in [6, 6.07) is 16.3. The zero-order valence-electron chi connectivity index (χ0n) is 16.4. The fourth-order valence-corrected chi connectivity index (χ4v) is 4.02. The summed E-state index contributed by atoms with van der Waals surface area (Å²) in [5.41, 5.74) is 3.14. The third kappa shape index (κ3) is 4.25. The van der Waals surface area contributed by atoms with Crippen LogP contribution in [0.15, 0.2) is 52.7 Å². The lowest BCUT2D eigenvalue weighted by atomic mass is 9.72. The van der Waals surface area contributed by atoms with Gasteiger partial charge in [0.25, 0.3) is 0 Å². The number of ether oxygens (including phenoxy) is 1. The van der Waals surface area contributed by atoms with E-state index in [0.717, 1.165) is 37.2 Å². The molecular formula is C23H24N4O. The minimum Gasteiger partial charge on any atom is -0.372 e. The van der Waals surface area contributed by atoms with E-state index in [9.17, 15) is 15.8 Å². The molecule has 0 aromatic heterocycles. The van der Waals surface area contributed by atoms with Crippen LogP contribution >= 0.6 is 0 Å². The van der Waals surface area contributed by atoms with Crippen LogP contribution in [0.3, 0.4) is 0 Å². The fourth-order valence-electron chi connectivity index (χ4n) is 4.02. The predicted molar refractivity (Wildman–Crippen MR) is 105 cm³/mol. The molecule has 1 atom stereocenters. The molecule has 1 unspecified atom stereocenters. The smallest absolute Gasteiger partial charge is 0.134 e. The topological polar surface area (TPSA) is 83.8 Å². The Hall–Kier alpha value is -3.07. The van der Waals surface area contributed by atoms with Crippen LogP contribution in [0, 0.1) is 39.4 Å². The van der Waals surface area contributed by atoms with Crippen molar-refractivity contribution < 1.29 is 4.74 Å². The average molecular weight is 372 g/mol. The Morgan fingerprint density at radius 2 is 1.86 bits per heavy atom. The van der Waals surface area contributed by atoms with Gasteiger partial charge in [0.05, 0.1) is 18.3 Å². The van der Waals surface area contributed by atoms with Crippen molar-refractivity contribution in [3.8, 4) is 18.2 Å². The Labute approximate surface area is 166 Å². The standard InChI is InChI=1S/C23H24N4O/c1-23(2)10-20(18(12-24)13-25)21(14-26)22(11-23)27-9-8-19(15-27)28-16-17-6-4-3-5-7-17/h3-7,19H,8-11,15-16H2,1-2H3. The first-order chi connectivity index (χ1) is 13.5. The van der Waals surface area contributed by atoms with E-state index in [0.29, 0.717) is 24.2 Å². The summed E-state index contributed by atoms with van der Waals surface area (Å²) in [6.45, 7) is 6.36. The fraction of sp³-hybridized carbons (Fsp3) is 0.435. The van der Waals surface area contributed by atoms with E-state index in [-0.39, 0.29) is 17.1 Å². The lowest BCUT2D eigenvalue weighted by Gasteiger charge is -2.37. The molecule has 2 aliphatic rings. The zero-order chi connectivity index (χ0) is 20.1. The van der Waals surface area contributed by atoms with Crippen molar-refractivity contribution in [2.24, 2.45) is 5.41 Å². The first-order valence-corrected chi connectivity index (χ1v) is 9.55. The molecule has 1 heterocycles. The average Bonchev–Trinajstić information content (AvgIpc) is 3.16. The highest BCUT2D eigenvalue weighted by Crippen LogP contribution is 2.44. The van der Waals surface area contributed by atoms with Gasteiger partial charge in [0.2, 0.25) is 0 Å². The maximum absolute atomic E-state index is 9.80. The van der Waals surface area contributed by atoms with Crippen LogP contribution in [0.25, 0.3) is 0 Å². The summed E-state index contributed by atoms with van der Waals surface area (Å²) in [5, 5.41) is 28.5. The Kier molecular flexibility index (Phi) is 5.84. The molecule has 1 fully saturated rings. The number of benzene rings is 1. The van der Waals surface area contributed by atoms with Gasteiger partial charge in [-0.15, -0.1) is 0 Å². The van der Waals surface area contributed by atoms with Crippen LogP contribution in [0.4, 0.5) is 0 Å². The Morgan fingerprint density at radius 1 is 1.14 bits per heavy atom. The van der Waals surface area contributed by atoms with Crippen LogP contribution in [-0.4, -0.2) is 24.1 Å². The molecule has 0 amide bonds. The molecule has 0 bridgehead atoms. The molecule has 28 heavy (non-hydrogen) atoms. The Bertz CT molecular complexity index is 906. The van der Waals surface area contributed by atoms with Crippen molar-refractivity contribution in [1.29, 1.82) is 15.8 Å². The van der Waals surface area contributed by atoms with Gasteiger partial charge in [-0.2, -0.15) is 15.8 Å². The van der Waals surface area contributed by atoms with Gasteiger partial charge >= 0.3 is 0 Å². The van der Waals surface area contributed by atoms with E-state index in [4.69, 9.17) is 4.74 Å². The monoisotopic (exact) mass is 372 g/mol. The minimum absolute atomic E-state index is 0.0536.